The summed E-state index contributed by atoms with van der Waals surface area (Å²) in [4.78, 5) is 0. The Morgan fingerprint density at radius 2 is 1.50 bits per heavy atom. The average molecular weight is 170 g/mol. The molecule has 0 bridgehead atoms. The van der Waals surface area contributed by atoms with Crippen molar-refractivity contribution in [1.82, 2.24) is 21.3 Å². The van der Waals surface area contributed by atoms with Crippen molar-refractivity contribution in [3.05, 3.63) is 6.54 Å². The highest BCUT2D eigenvalue weighted by atomic mass is 15.0. The van der Waals surface area contributed by atoms with E-state index in [-0.39, 0.29) is 0 Å². The smallest absolute Gasteiger partial charge is 0.0553 e. The molecule has 12 heavy (non-hydrogen) atoms. The molecular weight excluding hydrogens is 152 g/mol. The predicted octanol–water partition coefficient (Wildman–Crippen LogP) is -1.47. The quantitative estimate of drug-likeness (QED) is 0.416. The van der Waals surface area contributed by atoms with Gasteiger partial charge in [0.25, 0.3) is 0 Å². The van der Waals surface area contributed by atoms with E-state index >= 15 is 0 Å². The maximum atomic E-state index is 4.23. The summed E-state index contributed by atoms with van der Waals surface area (Å²) in [6.07, 6.45) is 0. The summed E-state index contributed by atoms with van der Waals surface area (Å²) >= 11 is 0. The molecule has 0 unspecified atom stereocenters. The molecule has 0 aromatic heterocycles. The minimum absolute atomic E-state index is 0.891. The first-order valence-corrected chi connectivity index (χ1v) is 4.60. The van der Waals surface area contributed by atoms with Crippen molar-refractivity contribution in [2.45, 2.75) is 0 Å². The Morgan fingerprint density at radius 3 is 2.33 bits per heavy atom. The SMILES string of the molecule is [CH]1CNCCNCCNCC[N]1. The first kappa shape index (κ1) is 9.92. The fraction of sp³-hybridized carbons (Fsp3) is 0.875. The van der Waals surface area contributed by atoms with Crippen LogP contribution in [0.15, 0.2) is 0 Å². The standard InChI is InChI=1S/C8H18N4/c1-2-10-5-6-12-8-7-11-4-3-9-1/h1,10-12H,2-8H2. The Hall–Kier alpha value is -0.160. The molecule has 1 fully saturated rings. The molecule has 1 rings (SSSR count). The van der Waals surface area contributed by atoms with Crippen molar-refractivity contribution in [1.29, 1.82) is 0 Å². The van der Waals surface area contributed by atoms with Crippen LogP contribution in [-0.2, 0) is 0 Å². The molecule has 4 heteroatoms. The first-order valence-electron chi connectivity index (χ1n) is 4.60. The van der Waals surface area contributed by atoms with Crippen LogP contribution in [0, 0.1) is 6.54 Å². The molecule has 1 aliphatic heterocycles. The zero-order valence-electron chi connectivity index (χ0n) is 7.47. The normalized spacial score (nSPS) is 24.0. The van der Waals surface area contributed by atoms with Gasteiger partial charge in [0.1, 0.15) is 0 Å². The molecule has 0 aromatic rings. The fourth-order valence-electron chi connectivity index (χ4n) is 1.07. The Kier molecular flexibility index (Phi) is 6.19. The van der Waals surface area contributed by atoms with Gasteiger partial charge in [0.05, 0.1) is 6.54 Å². The molecule has 0 amide bonds. The van der Waals surface area contributed by atoms with Crippen molar-refractivity contribution in [2.75, 3.05) is 45.8 Å². The average Bonchev–Trinajstić information content (AvgIpc) is 2.05. The fourth-order valence-corrected chi connectivity index (χ4v) is 1.07. The second kappa shape index (κ2) is 7.49. The Labute approximate surface area is 74.5 Å². The van der Waals surface area contributed by atoms with E-state index in [1.54, 1.807) is 0 Å². The lowest BCUT2D eigenvalue weighted by atomic mass is 10.4. The lowest BCUT2D eigenvalue weighted by Gasteiger charge is -2.09. The summed E-state index contributed by atoms with van der Waals surface area (Å²) < 4.78 is 0. The molecule has 0 spiro atoms. The number of nitrogens with one attached hydrogen (secondary N) is 3. The van der Waals surface area contributed by atoms with Crippen molar-refractivity contribution in [3.63, 3.8) is 0 Å². The van der Waals surface area contributed by atoms with E-state index in [4.69, 9.17) is 0 Å². The lowest BCUT2D eigenvalue weighted by Crippen LogP contribution is -2.36. The van der Waals surface area contributed by atoms with Crippen LogP contribution in [0.5, 0.6) is 0 Å². The Bertz CT molecular complexity index is 54.0. The van der Waals surface area contributed by atoms with E-state index in [9.17, 15) is 0 Å². The second-order valence-electron chi connectivity index (χ2n) is 2.79. The van der Waals surface area contributed by atoms with E-state index in [1.807, 2.05) is 6.54 Å². The molecule has 0 aromatic carbocycles. The highest BCUT2D eigenvalue weighted by molar-refractivity contribution is 4.67. The third-order valence-corrected chi connectivity index (χ3v) is 1.74. The van der Waals surface area contributed by atoms with E-state index < -0.39 is 0 Å². The van der Waals surface area contributed by atoms with Crippen molar-refractivity contribution in [3.8, 4) is 0 Å². The van der Waals surface area contributed by atoms with Gasteiger partial charge in [0.15, 0.2) is 0 Å². The van der Waals surface area contributed by atoms with Crippen LogP contribution < -0.4 is 21.3 Å². The summed E-state index contributed by atoms with van der Waals surface area (Å²) in [5.74, 6) is 0. The summed E-state index contributed by atoms with van der Waals surface area (Å²) in [5, 5.41) is 14.1. The van der Waals surface area contributed by atoms with Crippen LogP contribution in [-0.4, -0.2) is 45.8 Å². The van der Waals surface area contributed by atoms with Gasteiger partial charge in [0.2, 0.25) is 0 Å². The largest absolute Gasteiger partial charge is 0.314 e. The van der Waals surface area contributed by atoms with Crippen LogP contribution in [0.3, 0.4) is 0 Å². The van der Waals surface area contributed by atoms with Gasteiger partial charge in [-0.15, -0.1) is 0 Å². The second-order valence-corrected chi connectivity index (χ2v) is 2.79. The van der Waals surface area contributed by atoms with Crippen LogP contribution in [0.4, 0.5) is 0 Å². The molecule has 70 valence electrons. The van der Waals surface area contributed by atoms with Gasteiger partial charge in [0, 0.05) is 45.8 Å². The minimum atomic E-state index is 0.891. The van der Waals surface area contributed by atoms with Crippen LogP contribution in [0.25, 0.3) is 0 Å². The van der Waals surface area contributed by atoms with Crippen LogP contribution in [0.1, 0.15) is 0 Å². The zero-order chi connectivity index (χ0) is 8.49. The van der Waals surface area contributed by atoms with Crippen molar-refractivity contribution < 1.29 is 0 Å². The van der Waals surface area contributed by atoms with Gasteiger partial charge in [-0.1, -0.05) is 0 Å². The molecule has 1 aliphatic rings. The molecule has 3 N–H and O–H groups in total. The van der Waals surface area contributed by atoms with E-state index in [0.29, 0.717) is 0 Å². The maximum Gasteiger partial charge on any atom is 0.0553 e. The van der Waals surface area contributed by atoms with E-state index in [0.717, 1.165) is 45.8 Å². The summed E-state index contributed by atoms with van der Waals surface area (Å²) in [5.41, 5.74) is 0. The summed E-state index contributed by atoms with van der Waals surface area (Å²) in [7, 11) is 0. The van der Waals surface area contributed by atoms with Gasteiger partial charge in [-0.3, -0.25) is 0 Å². The first-order chi connectivity index (χ1) is 6.00. The van der Waals surface area contributed by atoms with Crippen LogP contribution in [0.2, 0.25) is 0 Å². The molecule has 4 nitrogen and oxygen atoms in total. The number of hydrogen-bond donors (Lipinski definition) is 3. The number of nitrogens with zero attached hydrogens (tertiary/aromatic N) is 1. The Morgan fingerprint density at radius 1 is 0.833 bits per heavy atom. The highest BCUT2D eigenvalue weighted by Crippen LogP contribution is 1.72. The molecule has 0 saturated carbocycles. The monoisotopic (exact) mass is 170 g/mol. The topological polar surface area (TPSA) is 50.2 Å². The molecule has 0 atom stereocenters. The summed E-state index contributed by atoms with van der Waals surface area (Å²) in [6.45, 7) is 8.85. The van der Waals surface area contributed by atoms with Gasteiger partial charge < -0.3 is 16.0 Å². The number of rotatable bonds is 0. The number of hydrogen-bond acceptors (Lipinski definition) is 3. The van der Waals surface area contributed by atoms with Crippen LogP contribution >= 0.6 is 0 Å². The lowest BCUT2D eigenvalue weighted by molar-refractivity contribution is 0.555. The van der Waals surface area contributed by atoms with Crippen molar-refractivity contribution in [2.24, 2.45) is 0 Å². The van der Waals surface area contributed by atoms with Gasteiger partial charge in [-0.2, -0.15) is 0 Å². The Balaban J connectivity index is 2.00. The molecular formula is C8H18N4. The summed E-state index contributed by atoms with van der Waals surface area (Å²) in [6, 6.07) is 0. The molecule has 2 radical (unpaired) electrons. The third kappa shape index (κ3) is 5.49. The maximum absolute atomic E-state index is 4.23. The van der Waals surface area contributed by atoms with Crippen molar-refractivity contribution >= 4 is 0 Å². The zero-order valence-corrected chi connectivity index (χ0v) is 7.47. The molecule has 0 aliphatic carbocycles. The highest BCUT2D eigenvalue weighted by Gasteiger charge is 1.93. The van der Waals surface area contributed by atoms with Gasteiger partial charge >= 0.3 is 0 Å². The van der Waals surface area contributed by atoms with Gasteiger partial charge in [-0.05, 0) is 0 Å². The van der Waals surface area contributed by atoms with Gasteiger partial charge in [-0.25, -0.2) is 5.32 Å². The third-order valence-electron chi connectivity index (χ3n) is 1.74. The minimum Gasteiger partial charge on any atom is -0.314 e. The van der Waals surface area contributed by atoms with E-state index in [1.165, 1.54) is 0 Å². The molecule has 1 heterocycles. The predicted molar refractivity (Wildman–Crippen MR) is 49.9 cm³/mol. The van der Waals surface area contributed by atoms with E-state index in [2.05, 4.69) is 21.3 Å². The molecule has 1 saturated heterocycles.